The Morgan fingerprint density at radius 2 is 2.04 bits per heavy atom. The number of benzene rings is 2. The van der Waals surface area contributed by atoms with Gasteiger partial charge in [-0.3, -0.25) is 14.5 Å². The SMILES string of the molecule is Cc1ccc(NC(=O)CN2C(=O)N[C@@]3(CCCc4ccccc43)C2=O)cc1F. The van der Waals surface area contributed by atoms with Crippen LogP contribution in [0.2, 0.25) is 0 Å². The van der Waals surface area contributed by atoms with Crippen molar-refractivity contribution >= 4 is 23.5 Å². The average molecular weight is 381 g/mol. The van der Waals surface area contributed by atoms with Crippen LogP contribution in [0.4, 0.5) is 14.9 Å². The summed E-state index contributed by atoms with van der Waals surface area (Å²) in [4.78, 5) is 39.0. The van der Waals surface area contributed by atoms with Crippen molar-refractivity contribution in [3.8, 4) is 0 Å². The van der Waals surface area contributed by atoms with Gasteiger partial charge in [0.05, 0.1) is 0 Å². The third-order valence-electron chi connectivity index (χ3n) is 5.41. The van der Waals surface area contributed by atoms with Crippen LogP contribution in [0.5, 0.6) is 0 Å². The molecule has 1 heterocycles. The Hall–Kier alpha value is -3.22. The van der Waals surface area contributed by atoms with Crippen LogP contribution in [0.1, 0.15) is 29.5 Å². The predicted molar refractivity (Wildman–Crippen MR) is 101 cm³/mol. The Labute approximate surface area is 161 Å². The summed E-state index contributed by atoms with van der Waals surface area (Å²) >= 11 is 0. The molecule has 2 aromatic rings. The van der Waals surface area contributed by atoms with Crippen LogP contribution in [-0.4, -0.2) is 29.3 Å². The zero-order valence-corrected chi connectivity index (χ0v) is 15.4. The van der Waals surface area contributed by atoms with Gasteiger partial charge in [0.15, 0.2) is 0 Å². The van der Waals surface area contributed by atoms with Crippen molar-refractivity contribution in [1.29, 1.82) is 0 Å². The standard InChI is InChI=1S/C21H20FN3O3/c1-13-8-9-15(11-17(13)22)23-18(26)12-25-19(27)21(24-20(25)28)10-4-6-14-5-2-3-7-16(14)21/h2-3,5,7-9,11H,4,6,10,12H2,1H3,(H,23,26)(H,24,28)/t21-/m1/s1. The van der Waals surface area contributed by atoms with E-state index in [1.54, 1.807) is 19.1 Å². The van der Waals surface area contributed by atoms with E-state index >= 15 is 0 Å². The molecule has 2 aromatic carbocycles. The summed E-state index contributed by atoms with van der Waals surface area (Å²) < 4.78 is 13.7. The number of hydrogen-bond donors (Lipinski definition) is 2. The van der Waals surface area contributed by atoms with E-state index in [0.717, 1.165) is 28.9 Å². The Bertz CT molecular complexity index is 991. The number of carbonyl (C=O) groups excluding carboxylic acids is 3. The minimum absolute atomic E-state index is 0.276. The molecule has 6 nitrogen and oxygen atoms in total. The number of aryl methyl sites for hydroxylation is 2. The molecule has 1 saturated heterocycles. The number of hydrogen-bond acceptors (Lipinski definition) is 3. The Morgan fingerprint density at radius 3 is 2.82 bits per heavy atom. The van der Waals surface area contributed by atoms with E-state index in [2.05, 4.69) is 10.6 Å². The maximum absolute atomic E-state index is 13.7. The highest BCUT2D eigenvalue weighted by molar-refractivity contribution is 6.10. The number of rotatable bonds is 3. The number of halogens is 1. The number of amides is 4. The molecule has 7 heteroatoms. The molecule has 0 saturated carbocycles. The Balaban J connectivity index is 1.54. The largest absolute Gasteiger partial charge is 0.325 e. The lowest BCUT2D eigenvalue weighted by atomic mass is 9.76. The first-order chi connectivity index (χ1) is 13.4. The maximum Gasteiger partial charge on any atom is 0.325 e. The Morgan fingerprint density at radius 1 is 1.25 bits per heavy atom. The van der Waals surface area contributed by atoms with Crippen LogP contribution in [0.25, 0.3) is 0 Å². The molecule has 4 rings (SSSR count). The van der Waals surface area contributed by atoms with Crippen molar-refractivity contribution < 1.29 is 18.8 Å². The van der Waals surface area contributed by atoms with Gasteiger partial charge in [-0.1, -0.05) is 30.3 Å². The van der Waals surface area contributed by atoms with E-state index in [1.807, 2.05) is 24.3 Å². The summed E-state index contributed by atoms with van der Waals surface area (Å²) in [6.45, 7) is 1.19. The van der Waals surface area contributed by atoms with Crippen LogP contribution >= 0.6 is 0 Å². The van der Waals surface area contributed by atoms with Gasteiger partial charge < -0.3 is 10.6 Å². The molecule has 1 atom stereocenters. The van der Waals surface area contributed by atoms with Gasteiger partial charge in [0.25, 0.3) is 5.91 Å². The predicted octanol–water partition coefficient (Wildman–Crippen LogP) is 2.86. The first-order valence-electron chi connectivity index (χ1n) is 9.19. The van der Waals surface area contributed by atoms with Crippen molar-refractivity contribution in [3.63, 3.8) is 0 Å². The third kappa shape index (κ3) is 2.93. The fourth-order valence-corrected chi connectivity index (χ4v) is 3.97. The third-order valence-corrected chi connectivity index (χ3v) is 5.41. The number of imide groups is 1. The van der Waals surface area contributed by atoms with Gasteiger partial charge in [0.1, 0.15) is 17.9 Å². The zero-order valence-electron chi connectivity index (χ0n) is 15.4. The lowest BCUT2D eigenvalue weighted by Crippen LogP contribution is -2.47. The molecule has 28 heavy (non-hydrogen) atoms. The quantitative estimate of drug-likeness (QED) is 0.803. The molecule has 1 fully saturated rings. The van der Waals surface area contributed by atoms with E-state index in [1.165, 1.54) is 6.07 Å². The number of urea groups is 1. The van der Waals surface area contributed by atoms with Crippen LogP contribution < -0.4 is 10.6 Å². The maximum atomic E-state index is 13.7. The van der Waals surface area contributed by atoms with E-state index in [4.69, 9.17) is 0 Å². The average Bonchev–Trinajstić information content (AvgIpc) is 2.90. The summed E-state index contributed by atoms with van der Waals surface area (Å²) in [5.74, 6) is -1.42. The lowest BCUT2D eigenvalue weighted by molar-refractivity contribution is -0.134. The molecule has 0 unspecified atom stereocenters. The zero-order chi connectivity index (χ0) is 19.9. The second-order valence-electron chi connectivity index (χ2n) is 7.25. The monoisotopic (exact) mass is 381 g/mol. The smallest absolute Gasteiger partial charge is 0.324 e. The number of nitrogens with one attached hydrogen (secondary N) is 2. The molecule has 0 radical (unpaired) electrons. The van der Waals surface area contributed by atoms with E-state index in [9.17, 15) is 18.8 Å². The van der Waals surface area contributed by atoms with E-state index < -0.39 is 35.7 Å². The number of fused-ring (bicyclic) bond motifs is 2. The van der Waals surface area contributed by atoms with Crippen molar-refractivity contribution in [2.75, 3.05) is 11.9 Å². The summed E-state index contributed by atoms with van der Waals surface area (Å²) in [7, 11) is 0. The fraction of sp³-hybridized carbons (Fsp3) is 0.286. The molecule has 144 valence electrons. The topological polar surface area (TPSA) is 78.5 Å². The normalized spacial score (nSPS) is 20.9. The van der Waals surface area contributed by atoms with Gasteiger partial charge >= 0.3 is 6.03 Å². The minimum atomic E-state index is -1.11. The van der Waals surface area contributed by atoms with Gasteiger partial charge in [-0.15, -0.1) is 0 Å². The first-order valence-corrected chi connectivity index (χ1v) is 9.19. The van der Waals surface area contributed by atoms with Crippen molar-refractivity contribution in [2.24, 2.45) is 0 Å². The molecule has 1 aliphatic carbocycles. The highest BCUT2D eigenvalue weighted by atomic mass is 19.1. The van der Waals surface area contributed by atoms with Gasteiger partial charge in [0, 0.05) is 5.69 Å². The first kappa shape index (κ1) is 18.2. The molecule has 0 aromatic heterocycles. The molecule has 1 spiro atoms. The summed E-state index contributed by atoms with van der Waals surface area (Å²) in [5, 5.41) is 5.34. The molecular weight excluding hydrogens is 361 g/mol. The molecule has 4 amide bonds. The second kappa shape index (κ2) is 6.74. The van der Waals surface area contributed by atoms with Crippen LogP contribution in [-0.2, 0) is 21.5 Å². The summed E-state index contributed by atoms with van der Waals surface area (Å²) in [6, 6.07) is 11.3. The van der Waals surface area contributed by atoms with E-state index in [-0.39, 0.29) is 5.69 Å². The molecule has 2 aliphatic rings. The minimum Gasteiger partial charge on any atom is -0.324 e. The van der Waals surface area contributed by atoms with Crippen molar-refractivity contribution in [1.82, 2.24) is 10.2 Å². The van der Waals surface area contributed by atoms with Crippen LogP contribution in [0.3, 0.4) is 0 Å². The number of anilines is 1. The van der Waals surface area contributed by atoms with E-state index in [0.29, 0.717) is 12.0 Å². The molecular formula is C21H20FN3O3. The molecule has 0 bridgehead atoms. The van der Waals surface area contributed by atoms with Crippen molar-refractivity contribution in [2.45, 2.75) is 31.7 Å². The second-order valence-corrected chi connectivity index (χ2v) is 7.25. The van der Waals surface area contributed by atoms with Gasteiger partial charge in [-0.25, -0.2) is 9.18 Å². The fourth-order valence-electron chi connectivity index (χ4n) is 3.97. The van der Waals surface area contributed by atoms with Gasteiger partial charge in [-0.2, -0.15) is 0 Å². The molecule has 2 N–H and O–H groups in total. The lowest BCUT2D eigenvalue weighted by Gasteiger charge is -2.33. The number of nitrogens with zero attached hydrogens (tertiary/aromatic N) is 1. The summed E-state index contributed by atoms with van der Waals surface area (Å²) in [6.07, 6.45) is 2.11. The van der Waals surface area contributed by atoms with Crippen molar-refractivity contribution in [3.05, 3.63) is 65.0 Å². The van der Waals surface area contributed by atoms with Gasteiger partial charge in [-0.05, 0) is 55.0 Å². The van der Waals surface area contributed by atoms with Gasteiger partial charge in [0.2, 0.25) is 5.91 Å². The van der Waals surface area contributed by atoms with Crippen LogP contribution in [0.15, 0.2) is 42.5 Å². The molecule has 1 aliphatic heterocycles. The Kier molecular flexibility index (Phi) is 4.37. The van der Waals surface area contributed by atoms with Crippen LogP contribution in [0, 0.1) is 12.7 Å². The number of carbonyl (C=O) groups is 3. The highest BCUT2D eigenvalue weighted by Crippen LogP contribution is 2.39. The summed E-state index contributed by atoms with van der Waals surface area (Å²) in [5.41, 5.74) is 1.46. The highest BCUT2D eigenvalue weighted by Gasteiger charge is 2.54.